The van der Waals surface area contributed by atoms with E-state index in [9.17, 15) is 20.0 Å². The first kappa shape index (κ1) is 11.8. The molecule has 2 aromatic carbocycles. The summed E-state index contributed by atoms with van der Waals surface area (Å²) in [6, 6.07) is 11.0. The number of phenolic OH excluding ortho intramolecular Hbond substituents is 1. The Hall–Kier alpha value is -2.69. The number of phenols is 1. The lowest BCUT2D eigenvalue weighted by atomic mass is 10.0. The van der Waals surface area contributed by atoms with Crippen LogP contribution in [0.5, 0.6) is 5.75 Å². The van der Waals surface area contributed by atoms with Crippen LogP contribution in [0.4, 0.5) is 5.69 Å². The number of carbonyl (C=O) groups is 1. The third kappa shape index (κ3) is 2.06. The molecule has 0 bridgehead atoms. The Morgan fingerprint density at radius 2 is 1.83 bits per heavy atom. The van der Waals surface area contributed by atoms with Crippen molar-refractivity contribution in [2.45, 2.75) is 0 Å². The molecular weight excluding hydrogens is 234 g/mol. The van der Waals surface area contributed by atoms with E-state index >= 15 is 0 Å². The van der Waals surface area contributed by atoms with Gasteiger partial charge in [0.2, 0.25) is 0 Å². The molecule has 0 aliphatic carbocycles. The summed E-state index contributed by atoms with van der Waals surface area (Å²) in [7, 11) is 0. The number of carbonyl (C=O) groups excluding carboxylic acids is 1. The van der Waals surface area contributed by atoms with E-state index in [0.29, 0.717) is 11.8 Å². The van der Waals surface area contributed by atoms with Crippen LogP contribution < -0.4 is 0 Å². The maximum absolute atomic E-state index is 11.0. The smallest absolute Gasteiger partial charge is 0.278 e. The summed E-state index contributed by atoms with van der Waals surface area (Å²) < 4.78 is 0. The summed E-state index contributed by atoms with van der Waals surface area (Å²) in [6.45, 7) is 0. The Morgan fingerprint density at radius 1 is 1.17 bits per heavy atom. The van der Waals surface area contributed by atoms with Crippen LogP contribution in [0, 0.1) is 10.1 Å². The monoisotopic (exact) mass is 243 g/mol. The quantitative estimate of drug-likeness (QED) is 0.510. The highest BCUT2D eigenvalue weighted by Gasteiger charge is 2.18. The highest BCUT2D eigenvalue weighted by atomic mass is 16.6. The van der Waals surface area contributed by atoms with Gasteiger partial charge in [0.15, 0.2) is 6.29 Å². The molecule has 0 heterocycles. The van der Waals surface area contributed by atoms with Gasteiger partial charge in [-0.1, -0.05) is 30.3 Å². The van der Waals surface area contributed by atoms with Crippen LogP contribution in [-0.4, -0.2) is 16.3 Å². The Morgan fingerprint density at radius 3 is 2.39 bits per heavy atom. The Balaban J connectivity index is 2.70. The maximum Gasteiger partial charge on any atom is 0.278 e. The first-order chi connectivity index (χ1) is 8.63. The molecule has 5 nitrogen and oxygen atoms in total. The molecule has 0 saturated carbocycles. The first-order valence-corrected chi connectivity index (χ1v) is 5.15. The van der Waals surface area contributed by atoms with Crippen LogP contribution in [0.2, 0.25) is 0 Å². The van der Waals surface area contributed by atoms with Crippen molar-refractivity contribution in [3.8, 4) is 16.9 Å². The average molecular weight is 243 g/mol. The van der Waals surface area contributed by atoms with Crippen molar-refractivity contribution in [3.63, 3.8) is 0 Å². The van der Waals surface area contributed by atoms with E-state index in [1.54, 1.807) is 30.3 Å². The van der Waals surface area contributed by atoms with Gasteiger partial charge in [-0.05, 0) is 11.6 Å². The lowest BCUT2D eigenvalue weighted by molar-refractivity contribution is -0.384. The number of rotatable bonds is 3. The van der Waals surface area contributed by atoms with Gasteiger partial charge in [-0.25, -0.2) is 0 Å². The number of benzene rings is 2. The minimum absolute atomic E-state index is 0.0959. The topological polar surface area (TPSA) is 80.4 Å². The molecule has 0 aliphatic rings. The number of nitrogens with zero attached hydrogens (tertiary/aromatic N) is 1. The minimum atomic E-state index is -0.575. The van der Waals surface area contributed by atoms with Crippen molar-refractivity contribution in [3.05, 3.63) is 58.1 Å². The number of aldehydes is 1. The predicted octanol–water partition coefficient (Wildman–Crippen LogP) is 2.78. The standard InChI is InChI=1S/C13H9NO4/c15-8-10-6-12(14(17)18)11(7-13(10)16)9-4-2-1-3-5-9/h1-8,16H. The maximum atomic E-state index is 11.0. The fourth-order valence-corrected chi connectivity index (χ4v) is 1.69. The second-order valence-corrected chi connectivity index (χ2v) is 3.67. The van der Waals surface area contributed by atoms with Crippen LogP contribution in [0.1, 0.15) is 10.4 Å². The van der Waals surface area contributed by atoms with Crippen molar-refractivity contribution in [2.75, 3.05) is 0 Å². The van der Waals surface area contributed by atoms with E-state index in [4.69, 9.17) is 0 Å². The van der Waals surface area contributed by atoms with Gasteiger partial charge in [0, 0.05) is 6.07 Å². The van der Waals surface area contributed by atoms with Crippen molar-refractivity contribution >= 4 is 12.0 Å². The van der Waals surface area contributed by atoms with Crippen LogP contribution >= 0.6 is 0 Å². The van der Waals surface area contributed by atoms with Crippen molar-refractivity contribution in [2.24, 2.45) is 0 Å². The van der Waals surface area contributed by atoms with Gasteiger partial charge in [-0.15, -0.1) is 0 Å². The van der Waals surface area contributed by atoms with Crippen molar-refractivity contribution < 1.29 is 14.8 Å². The van der Waals surface area contributed by atoms with Gasteiger partial charge >= 0.3 is 0 Å². The van der Waals surface area contributed by atoms with E-state index in [-0.39, 0.29) is 22.6 Å². The van der Waals surface area contributed by atoms with Crippen LogP contribution in [0.15, 0.2) is 42.5 Å². The zero-order chi connectivity index (χ0) is 13.1. The largest absolute Gasteiger partial charge is 0.507 e. The highest BCUT2D eigenvalue weighted by molar-refractivity contribution is 5.86. The first-order valence-electron chi connectivity index (χ1n) is 5.15. The van der Waals surface area contributed by atoms with Gasteiger partial charge in [-0.3, -0.25) is 14.9 Å². The molecule has 0 aromatic heterocycles. The molecule has 18 heavy (non-hydrogen) atoms. The molecule has 90 valence electrons. The molecule has 0 aliphatic heterocycles. The van der Waals surface area contributed by atoms with Gasteiger partial charge in [-0.2, -0.15) is 0 Å². The minimum Gasteiger partial charge on any atom is -0.507 e. The lowest BCUT2D eigenvalue weighted by Gasteiger charge is -2.05. The Kier molecular flexibility index (Phi) is 3.05. The van der Waals surface area contributed by atoms with Crippen LogP contribution in [-0.2, 0) is 0 Å². The number of aromatic hydroxyl groups is 1. The molecule has 0 fully saturated rings. The van der Waals surface area contributed by atoms with Crippen molar-refractivity contribution in [1.82, 2.24) is 0 Å². The van der Waals surface area contributed by atoms with E-state index in [1.165, 1.54) is 6.07 Å². The molecular formula is C13H9NO4. The summed E-state index contributed by atoms with van der Waals surface area (Å²) in [6.07, 6.45) is 0.386. The van der Waals surface area contributed by atoms with E-state index in [2.05, 4.69) is 0 Å². The summed E-state index contributed by atoms with van der Waals surface area (Å²) in [5, 5.41) is 20.6. The molecule has 0 amide bonds. The fraction of sp³-hybridized carbons (Fsp3) is 0. The Bertz CT molecular complexity index is 608. The molecule has 0 saturated heterocycles. The van der Waals surface area contributed by atoms with Crippen LogP contribution in [0.25, 0.3) is 11.1 Å². The third-order valence-corrected chi connectivity index (χ3v) is 2.55. The zero-order valence-corrected chi connectivity index (χ0v) is 9.24. The van der Waals surface area contributed by atoms with E-state index in [0.717, 1.165) is 6.07 Å². The fourth-order valence-electron chi connectivity index (χ4n) is 1.69. The molecule has 0 radical (unpaired) electrons. The number of nitro groups is 1. The van der Waals surface area contributed by atoms with Gasteiger partial charge in [0.05, 0.1) is 16.1 Å². The van der Waals surface area contributed by atoms with Gasteiger partial charge in [0.1, 0.15) is 5.75 Å². The predicted molar refractivity (Wildman–Crippen MR) is 65.6 cm³/mol. The summed E-state index contributed by atoms with van der Waals surface area (Å²) in [4.78, 5) is 21.1. The number of hydrogen-bond acceptors (Lipinski definition) is 4. The molecule has 0 spiro atoms. The Labute approximate surface area is 102 Å². The highest BCUT2D eigenvalue weighted by Crippen LogP contribution is 2.34. The summed E-state index contributed by atoms with van der Waals surface area (Å²) >= 11 is 0. The molecule has 2 rings (SSSR count). The summed E-state index contributed by atoms with van der Waals surface area (Å²) in [5.41, 5.74) is 0.586. The molecule has 0 atom stereocenters. The average Bonchev–Trinajstić information content (AvgIpc) is 2.39. The van der Waals surface area contributed by atoms with Crippen LogP contribution in [0.3, 0.4) is 0 Å². The van der Waals surface area contributed by atoms with E-state index in [1.807, 2.05) is 0 Å². The van der Waals surface area contributed by atoms with Gasteiger partial charge in [0.25, 0.3) is 5.69 Å². The number of nitro benzene ring substituents is 1. The van der Waals surface area contributed by atoms with Crippen molar-refractivity contribution in [1.29, 1.82) is 0 Å². The number of hydrogen-bond donors (Lipinski definition) is 1. The lowest BCUT2D eigenvalue weighted by Crippen LogP contribution is -1.94. The third-order valence-electron chi connectivity index (χ3n) is 2.55. The SMILES string of the molecule is O=Cc1cc([N+](=O)[O-])c(-c2ccccc2)cc1O. The molecule has 0 unspecified atom stereocenters. The molecule has 5 heteroatoms. The summed E-state index contributed by atoms with van der Waals surface area (Å²) in [5.74, 6) is -0.269. The molecule has 1 N–H and O–H groups in total. The van der Waals surface area contributed by atoms with E-state index < -0.39 is 4.92 Å². The second-order valence-electron chi connectivity index (χ2n) is 3.67. The normalized spacial score (nSPS) is 10.0. The second kappa shape index (κ2) is 4.67. The zero-order valence-electron chi connectivity index (χ0n) is 9.24. The van der Waals surface area contributed by atoms with Gasteiger partial charge < -0.3 is 5.11 Å². The molecule has 2 aromatic rings.